The fourth-order valence-electron chi connectivity index (χ4n) is 1.31. The first kappa shape index (κ1) is 9.01. The molecule has 1 saturated heterocycles. The molecule has 0 aromatic rings. The number of rotatable bonds is 3. The van der Waals surface area contributed by atoms with E-state index in [9.17, 15) is 0 Å². The predicted octanol–water partition coefficient (Wildman–Crippen LogP) is 0.953. The van der Waals surface area contributed by atoms with E-state index in [2.05, 4.69) is 24.1 Å². The Labute approximate surface area is 70.0 Å². The van der Waals surface area contributed by atoms with Crippen molar-refractivity contribution in [3.05, 3.63) is 0 Å². The van der Waals surface area contributed by atoms with E-state index in [0.717, 1.165) is 19.0 Å². The van der Waals surface area contributed by atoms with Gasteiger partial charge in [-0.05, 0) is 18.9 Å². The molecule has 0 saturated carbocycles. The van der Waals surface area contributed by atoms with Crippen LogP contribution in [0.1, 0.15) is 20.3 Å². The molecule has 65 valence electrons. The minimum atomic E-state index is 0.842. The van der Waals surface area contributed by atoms with E-state index in [0.29, 0.717) is 0 Å². The van der Waals surface area contributed by atoms with Crippen LogP contribution in [0.3, 0.4) is 0 Å². The van der Waals surface area contributed by atoms with E-state index in [1.54, 1.807) is 0 Å². The minimum absolute atomic E-state index is 0.842. The number of hydrogen-bond donors (Lipinski definition) is 0. The zero-order valence-electron chi connectivity index (χ0n) is 7.71. The normalized spacial score (nSPS) is 21.0. The first-order valence-electron chi connectivity index (χ1n) is 4.64. The quantitative estimate of drug-likeness (QED) is 0.593. The predicted molar refractivity (Wildman–Crippen MR) is 47.8 cm³/mol. The summed E-state index contributed by atoms with van der Waals surface area (Å²) in [4.78, 5) is 2.52. The van der Waals surface area contributed by atoms with Gasteiger partial charge in [0.25, 0.3) is 0 Å². The second kappa shape index (κ2) is 4.73. The van der Waals surface area contributed by atoms with E-state index in [1.807, 2.05) is 0 Å². The molecule has 0 aromatic carbocycles. The van der Waals surface area contributed by atoms with E-state index < -0.39 is 0 Å². The molecule has 1 aliphatic heterocycles. The number of nitrogens with zero attached hydrogens (tertiary/aromatic N) is 2. The van der Waals surface area contributed by atoms with Crippen LogP contribution in [0, 0.1) is 5.92 Å². The first-order chi connectivity index (χ1) is 5.29. The number of hydrogen-bond acceptors (Lipinski definition) is 1. The summed E-state index contributed by atoms with van der Waals surface area (Å²) in [7, 11) is 0. The van der Waals surface area contributed by atoms with Gasteiger partial charge in [0.15, 0.2) is 0 Å². The third-order valence-electron chi connectivity index (χ3n) is 2.17. The van der Waals surface area contributed by atoms with Crippen molar-refractivity contribution < 1.29 is 0 Å². The van der Waals surface area contributed by atoms with Gasteiger partial charge in [0.1, 0.15) is 0 Å². The van der Waals surface area contributed by atoms with Crippen LogP contribution in [0.2, 0.25) is 0 Å². The third kappa shape index (κ3) is 3.73. The molecule has 2 heteroatoms. The standard InChI is InChI=1S/C9H19N2/c1-9(2)3-6-11-7-4-10-5-8-11/h9H,3-8H2,1-2H3. The van der Waals surface area contributed by atoms with Crippen molar-refractivity contribution in [2.75, 3.05) is 32.7 Å². The van der Waals surface area contributed by atoms with Gasteiger partial charge in [0, 0.05) is 26.2 Å². The average molecular weight is 155 g/mol. The Kier molecular flexibility index (Phi) is 3.87. The van der Waals surface area contributed by atoms with Crippen LogP contribution in [-0.2, 0) is 0 Å². The smallest absolute Gasteiger partial charge is 0.0261 e. The van der Waals surface area contributed by atoms with Crippen molar-refractivity contribution >= 4 is 0 Å². The molecule has 0 bridgehead atoms. The van der Waals surface area contributed by atoms with Crippen molar-refractivity contribution in [3.63, 3.8) is 0 Å². The van der Waals surface area contributed by atoms with Gasteiger partial charge in [-0.15, -0.1) is 0 Å². The Morgan fingerprint density at radius 3 is 2.45 bits per heavy atom. The molecule has 1 fully saturated rings. The summed E-state index contributed by atoms with van der Waals surface area (Å²) in [5.41, 5.74) is 0. The minimum Gasteiger partial charge on any atom is -0.301 e. The number of piperazine rings is 1. The van der Waals surface area contributed by atoms with Gasteiger partial charge in [-0.2, -0.15) is 0 Å². The van der Waals surface area contributed by atoms with Crippen LogP contribution in [0.4, 0.5) is 0 Å². The van der Waals surface area contributed by atoms with Crippen molar-refractivity contribution in [1.29, 1.82) is 0 Å². The van der Waals surface area contributed by atoms with Gasteiger partial charge in [0.2, 0.25) is 0 Å². The summed E-state index contributed by atoms with van der Waals surface area (Å²) >= 11 is 0. The highest BCUT2D eigenvalue weighted by molar-refractivity contribution is 4.67. The summed E-state index contributed by atoms with van der Waals surface area (Å²) in [6, 6.07) is 0. The molecular formula is C9H19N2. The molecule has 1 heterocycles. The van der Waals surface area contributed by atoms with Gasteiger partial charge >= 0.3 is 0 Å². The van der Waals surface area contributed by atoms with Gasteiger partial charge in [0.05, 0.1) is 0 Å². The molecule has 0 atom stereocenters. The maximum Gasteiger partial charge on any atom is 0.0261 e. The Morgan fingerprint density at radius 2 is 1.91 bits per heavy atom. The largest absolute Gasteiger partial charge is 0.301 e. The van der Waals surface area contributed by atoms with E-state index >= 15 is 0 Å². The highest BCUT2D eigenvalue weighted by atomic mass is 15.2. The van der Waals surface area contributed by atoms with Crippen LogP contribution >= 0.6 is 0 Å². The zero-order valence-corrected chi connectivity index (χ0v) is 7.71. The highest BCUT2D eigenvalue weighted by Crippen LogP contribution is 2.02. The van der Waals surface area contributed by atoms with Crippen LogP contribution < -0.4 is 5.32 Å². The second-order valence-corrected chi connectivity index (χ2v) is 3.69. The fourth-order valence-corrected chi connectivity index (χ4v) is 1.31. The van der Waals surface area contributed by atoms with Gasteiger partial charge < -0.3 is 4.90 Å². The molecule has 0 unspecified atom stereocenters. The van der Waals surface area contributed by atoms with E-state index in [4.69, 9.17) is 0 Å². The summed E-state index contributed by atoms with van der Waals surface area (Å²) in [5.74, 6) is 0.842. The van der Waals surface area contributed by atoms with Crippen molar-refractivity contribution in [1.82, 2.24) is 10.2 Å². The lowest BCUT2D eigenvalue weighted by Gasteiger charge is -2.26. The maximum atomic E-state index is 4.31. The summed E-state index contributed by atoms with van der Waals surface area (Å²) < 4.78 is 0. The summed E-state index contributed by atoms with van der Waals surface area (Å²) in [6.45, 7) is 10.3. The van der Waals surface area contributed by atoms with Crippen molar-refractivity contribution in [2.45, 2.75) is 20.3 Å². The Bertz CT molecular complexity index is 95.7. The lowest BCUT2D eigenvalue weighted by Crippen LogP contribution is -2.40. The Hall–Kier alpha value is -0.0800. The SMILES string of the molecule is CC(C)CCN1CC[N]CC1. The monoisotopic (exact) mass is 155 g/mol. The van der Waals surface area contributed by atoms with E-state index in [1.165, 1.54) is 26.1 Å². The van der Waals surface area contributed by atoms with Gasteiger partial charge in [-0.25, -0.2) is 5.32 Å². The molecule has 1 aliphatic rings. The molecule has 1 radical (unpaired) electrons. The Balaban J connectivity index is 2.05. The molecule has 0 aliphatic carbocycles. The highest BCUT2D eigenvalue weighted by Gasteiger charge is 2.09. The van der Waals surface area contributed by atoms with Crippen LogP contribution in [0.5, 0.6) is 0 Å². The van der Waals surface area contributed by atoms with Crippen LogP contribution in [0.15, 0.2) is 0 Å². The lowest BCUT2D eigenvalue weighted by molar-refractivity contribution is 0.226. The Morgan fingerprint density at radius 1 is 1.27 bits per heavy atom. The van der Waals surface area contributed by atoms with Crippen molar-refractivity contribution in [3.8, 4) is 0 Å². The molecular weight excluding hydrogens is 136 g/mol. The van der Waals surface area contributed by atoms with Crippen LogP contribution in [-0.4, -0.2) is 37.6 Å². The molecule has 1 rings (SSSR count). The third-order valence-corrected chi connectivity index (χ3v) is 2.17. The molecule has 0 amide bonds. The van der Waals surface area contributed by atoms with E-state index in [-0.39, 0.29) is 0 Å². The molecule has 0 spiro atoms. The van der Waals surface area contributed by atoms with Crippen molar-refractivity contribution in [2.24, 2.45) is 5.92 Å². The molecule has 2 nitrogen and oxygen atoms in total. The first-order valence-corrected chi connectivity index (χ1v) is 4.64. The van der Waals surface area contributed by atoms with Crippen LogP contribution in [0.25, 0.3) is 0 Å². The summed E-state index contributed by atoms with van der Waals surface area (Å²) in [5, 5.41) is 4.31. The lowest BCUT2D eigenvalue weighted by atomic mass is 10.1. The van der Waals surface area contributed by atoms with Gasteiger partial charge in [-0.1, -0.05) is 13.8 Å². The molecule has 0 N–H and O–H groups in total. The second-order valence-electron chi connectivity index (χ2n) is 3.69. The molecule has 0 aromatic heterocycles. The fraction of sp³-hybridized carbons (Fsp3) is 1.00. The summed E-state index contributed by atoms with van der Waals surface area (Å²) in [6.07, 6.45) is 1.33. The zero-order chi connectivity index (χ0) is 8.10. The van der Waals surface area contributed by atoms with Gasteiger partial charge in [-0.3, -0.25) is 0 Å². The average Bonchev–Trinajstić information content (AvgIpc) is 2.03. The topological polar surface area (TPSA) is 17.3 Å². The molecule has 11 heavy (non-hydrogen) atoms. The maximum absolute atomic E-state index is 4.31.